The van der Waals surface area contributed by atoms with E-state index in [1.165, 1.54) is 51.7 Å². The van der Waals surface area contributed by atoms with E-state index in [-0.39, 0.29) is 0 Å². The van der Waals surface area contributed by atoms with Gasteiger partial charge in [0.05, 0.1) is 0 Å². The van der Waals surface area contributed by atoms with E-state index >= 15 is 0 Å². The lowest BCUT2D eigenvalue weighted by atomic mass is 9.84. The van der Waals surface area contributed by atoms with Gasteiger partial charge < -0.3 is 10.6 Å². The molecule has 0 aromatic carbocycles. The van der Waals surface area contributed by atoms with E-state index in [1.807, 2.05) is 0 Å². The Morgan fingerprint density at radius 1 is 1.29 bits per heavy atom. The van der Waals surface area contributed by atoms with Gasteiger partial charge in [-0.25, -0.2) is 0 Å². The van der Waals surface area contributed by atoms with Gasteiger partial charge in [-0.05, 0) is 63.1 Å². The highest BCUT2D eigenvalue weighted by Crippen LogP contribution is 2.27. The van der Waals surface area contributed by atoms with Crippen molar-refractivity contribution in [2.45, 2.75) is 59.3 Å². The number of likely N-dealkylation sites (tertiary alicyclic amines) is 1. The lowest BCUT2D eigenvalue weighted by Crippen LogP contribution is -2.24. The van der Waals surface area contributed by atoms with Gasteiger partial charge in [-0.3, -0.25) is 0 Å². The number of hydrogen-bond acceptors (Lipinski definition) is 2. The molecule has 1 atom stereocenters. The minimum absolute atomic E-state index is 0.442. The molecule has 1 unspecified atom stereocenters. The second-order valence-electron chi connectivity index (χ2n) is 6.55. The summed E-state index contributed by atoms with van der Waals surface area (Å²) in [5.41, 5.74) is 6.09. The van der Waals surface area contributed by atoms with Crippen LogP contribution in [0.2, 0.25) is 0 Å². The Morgan fingerprint density at radius 2 is 2.06 bits per heavy atom. The van der Waals surface area contributed by atoms with Crippen molar-refractivity contribution < 1.29 is 0 Å². The molecule has 0 saturated carbocycles. The first-order chi connectivity index (χ1) is 8.07. The van der Waals surface area contributed by atoms with Crippen molar-refractivity contribution in [2.75, 3.05) is 26.2 Å². The van der Waals surface area contributed by atoms with E-state index < -0.39 is 0 Å². The van der Waals surface area contributed by atoms with E-state index in [0.29, 0.717) is 5.41 Å². The molecule has 0 amide bonds. The predicted molar refractivity (Wildman–Crippen MR) is 76.1 cm³/mol. The highest BCUT2D eigenvalue weighted by atomic mass is 15.1. The molecule has 0 spiro atoms. The van der Waals surface area contributed by atoms with Gasteiger partial charge in [0.1, 0.15) is 0 Å². The van der Waals surface area contributed by atoms with Crippen molar-refractivity contribution in [1.82, 2.24) is 4.90 Å². The van der Waals surface area contributed by atoms with Crippen LogP contribution in [0.4, 0.5) is 0 Å². The normalized spacial score (nSPS) is 22.2. The van der Waals surface area contributed by atoms with Gasteiger partial charge in [-0.2, -0.15) is 0 Å². The molecule has 0 aliphatic carbocycles. The summed E-state index contributed by atoms with van der Waals surface area (Å²) in [4.78, 5) is 2.67. The first kappa shape index (κ1) is 15.0. The van der Waals surface area contributed by atoms with Crippen LogP contribution in [0.1, 0.15) is 59.3 Å². The Bertz CT molecular complexity index is 201. The van der Waals surface area contributed by atoms with Crippen molar-refractivity contribution in [1.29, 1.82) is 0 Å². The number of rotatable bonds is 8. The van der Waals surface area contributed by atoms with Crippen LogP contribution >= 0.6 is 0 Å². The van der Waals surface area contributed by atoms with E-state index in [4.69, 9.17) is 5.73 Å². The van der Waals surface area contributed by atoms with Crippen molar-refractivity contribution >= 4 is 0 Å². The molecule has 0 bridgehead atoms. The Balaban J connectivity index is 2.11. The molecule has 2 heteroatoms. The van der Waals surface area contributed by atoms with Crippen LogP contribution < -0.4 is 5.73 Å². The fraction of sp³-hybridized carbons (Fsp3) is 1.00. The summed E-state index contributed by atoms with van der Waals surface area (Å²) in [5, 5.41) is 0. The maximum Gasteiger partial charge on any atom is 0.00101 e. The van der Waals surface area contributed by atoms with Gasteiger partial charge in [0.15, 0.2) is 0 Å². The van der Waals surface area contributed by atoms with Crippen LogP contribution in [0.15, 0.2) is 0 Å². The summed E-state index contributed by atoms with van der Waals surface area (Å²) in [5.74, 6) is 0.983. The topological polar surface area (TPSA) is 29.3 Å². The monoisotopic (exact) mass is 240 g/mol. The van der Waals surface area contributed by atoms with Gasteiger partial charge in [0.25, 0.3) is 0 Å². The van der Waals surface area contributed by atoms with Crippen molar-refractivity contribution in [2.24, 2.45) is 17.1 Å². The Morgan fingerprint density at radius 3 is 2.71 bits per heavy atom. The highest BCUT2D eigenvalue weighted by molar-refractivity contribution is 4.76. The third kappa shape index (κ3) is 5.87. The maximum absolute atomic E-state index is 5.65. The zero-order chi connectivity index (χ0) is 12.7. The third-order valence-electron chi connectivity index (χ3n) is 4.22. The number of nitrogens with zero attached hydrogens (tertiary/aromatic N) is 1. The third-order valence-corrected chi connectivity index (χ3v) is 4.22. The summed E-state index contributed by atoms with van der Waals surface area (Å²) in [6, 6.07) is 0. The van der Waals surface area contributed by atoms with E-state index in [2.05, 4.69) is 25.7 Å². The minimum Gasteiger partial charge on any atom is -0.330 e. The summed E-state index contributed by atoms with van der Waals surface area (Å²) in [7, 11) is 0. The van der Waals surface area contributed by atoms with Crippen LogP contribution in [0.3, 0.4) is 0 Å². The largest absolute Gasteiger partial charge is 0.330 e. The van der Waals surface area contributed by atoms with Crippen LogP contribution in [-0.2, 0) is 0 Å². The predicted octanol–water partition coefficient (Wildman–Crippen LogP) is 3.26. The highest BCUT2D eigenvalue weighted by Gasteiger charge is 2.22. The molecule has 1 aliphatic heterocycles. The van der Waals surface area contributed by atoms with Crippen LogP contribution in [0.5, 0.6) is 0 Å². The molecule has 1 heterocycles. The SMILES string of the molecule is CCCC1CCN(CCCC(C)(C)CCN)C1. The maximum atomic E-state index is 5.65. The van der Waals surface area contributed by atoms with Crippen LogP contribution in [0, 0.1) is 11.3 Å². The van der Waals surface area contributed by atoms with Gasteiger partial charge >= 0.3 is 0 Å². The summed E-state index contributed by atoms with van der Waals surface area (Å²) in [6.45, 7) is 11.8. The molecule has 17 heavy (non-hydrogen) atoms. The molecule has 1 saturated heterocycles. The van der Waals surface area contributed by atoms with Crippen molar-refractivity contribution in [3.8, 4) is 0 Å². The van der Waals surface area contributed by atoms with E-state index in [9.17, 15) is 0 Å². The smallest absolute Gasteiger partial charge is 0.00101 e. The second-order valence-corrected chi connectivity index (χ2v) is 6.55. The van der Waals surface area contributed by atoms with E-state index in [0.717, 1.165) is 18.9 Å². The quantitative estimate of drug-likeness (QED) is 0.705. The fourth-order valence-electron chi connectivity index (χ4n) is 3.06. The van der Waals surface area contributed by atoms with E-state index in [1.54, 1.807) is 0 Å². The van der Waals surface area contributed by atoms with Gasteiger partial charge in [-0.15, -0.1) is 0 Å². The minimum atomic E-state index is 0.442. The lowest BCUT2D eigenvalue weighted by molar-refractivity contribution is 0.258. The van der Waals surface area contributed by atoms with Crippen molar-refractivity contribution in [3.63, 3.8) is 0 Å². The molecular formula is C15H32N2. The Kier molecular flexibility index (Phi) is 6.50. The van der Waals surface area contributed by atoms with Gasteiger partial charge in [0.2, 0.25) is 0 Å². The number of nitrogens with two attached hydrogens (primary N) is 1. The number of hydrogen-bond donors (Lipinski definition) is 1. The fourth-order valence-corrected chi connectivity index (χ4v) is 3.06. The van der Waals surface area contributed by atoms with Gasteiger partial charge in [-0.1, -0.05) is 27.2 Å². The molecule has 0 aromatic heterocycles. The standard InChI is InChI=1S/C15H32N2/c1-4-6-14-7-12-17(13-14)11-5-8-15(2,3)9-10-16/h14H,4-13,16H2,1-3H3. The Labute approximate surface area is 108 Å². The Hall–Kier alpha value is -0.0800. The average molecular weight is 240 g/mol. The first-order valence-electron chi connectivity index (χ1n) is 7.50. The molecule has 2 nitrogen and oxygen atoms in total. The van der Waals surface area contributed by atoms with Crippen LogP contribution in [0.25, 0.3) is 0 Å². The molecular weight excluding hydrogens is 208 g/mol. The molecule has 0 aromatic rings. The first-order valence-corrected chi connectivity index (χ1v) is 7.50. The molecule has 0 radical (unpaired) electrons. The lowest BCUT2D eigenvalue weighted by Gasteiger charge is -2.25. The van der Waals surface area contributed by atoms with Gasteiger partial charge in [0, 0.05) is 6.54 Å². The summed E-state index contributed by atoms with van der Waals surface area (Å²) < 4.78 is 0. The molecule has 102 valence electrons. The zero-order valence-electron chi connectivity index (χ0n) is 12.2. The molecule has 1 aliphatic rings. The zero-order valence-corrected chi connectivity index (χ0v) is 12.2. The molecule has 1 rings (SSSR count). The second kappa shape index (κ2) is 7.38. The molecule has 2 N–H and O–H groups in total. The van der Waals surface area contributed by atoms with Crippen molar-refractivity contribution in [3.05, 3.63) is 0 Å². The summed E-state index contributed by atoms with van der Waals surface area (Å²) in [6.07, 6.45) is 8.02. The summed E-state index contributed by atoms with van der Waals surface area (Å²) >= 11 is 0. The van der Waals surface area contributed by atoms with Crippen LogP contribution in [-0.4, -0.2) is 31.1 Å². The molecule has 1 fully saturated rings. The average Bonchev–Trinajstić information content (AvgIpc) is 2.66.